The van der Waals surface area contributed by atoms with E-state index >= 15 is 0 Å². The van der Waals surface area contributed by atoms with Gasteiger partial charge in [-0.05, 0) is 82.0 Å². The van der Waals surface area contributed by atoms with Crippen molar-refractivity contribution in [3.8, 4) is 11.8 Å². The van der Waals surface area contributed by atoms with E-state index in [-0.39, 0.29) is 42.3 Å². The zero-order valence-corrected chi connectivity index (χ0v) is 27.6. The maximum Gasteiger partial charge on any atom is 0.416 e. The predicted octanol–water partition coefficient (Wildman–Crippen LogP) is 5.24. The maximum absolute atomic E-state index is 14.4. The minimum absolute atomic E-state index is 0.0643. The molecule has 1 aliphatic heterocycles. The fourth-order valence-corrected chi connectivity index (χ4v) is 6.06. The molecule has 0 unspecified atom stereocenters. The number of nitriles is 1. The number of likely N-dealkylation sites (N-methyl/N-ethyl adjacent to an activating group) is 1. The molecule has 0 spiro atoms. The molecule has 0 saturated carbocycles. The minimum Gasteiger partial charge on any atom is -0.339 e. The fraction of sp³-hybridized carbons (Fsp3) is 0.306. The average molecular weight is 690 g/mol. The summed E-state index contributed by atoms with van der Waals surface area (Å²) in [6.45, 7) is 2.34. The maximum atomic E-state index is 14.4. The van der Waals surface area contributed by atoms with Gasteiger partial charge in [-0.1, -0.05) is 36.4 Å². The third-order valence-electron chi connectivity index (χ3n) is 8.40. The molecule has 1 N–H and O–H groups in total. The zero-order chi connectivity index (χ0) is 36.2. The first-order valence-corrected chi connectivity index (χ1v) is 15.9. The normalized spacial score (nSPS) is 15.8. The summed E-state index contributed by atoms with van der Waals surface area (Å²) < 4.78 is 56.3. The van der Waals surface area contributed by atoms with Gasteiger partial charge in [-0.2, -0.15) is 23.5 Å². The highest BCUT2D eigenvalue weighted by Gasteiger charge is 2.47. The standard InChI is InChI=1S/C36H35F4N7O3/c1-4-46-33-29(31(43-47(33)27-12-6-5-7-13-27)34(49)45(21-18-41)20-9-19-44(2)3)28(23-14-16-26(37)17-15-23)30(35(46)50)42-32(48)24-10-8-11-25(22-24)36(38,39)40/h5-8,10-17,22,28,30H,4,9,19-21H2,1-3H3,(H,42,48)/t28-,30-/m0/s1. The van der Waals surface area contributed by atoms with Crippen molar-refractivity contribution in [1.29, 1.82) is 5.26 Å². The Balaban J connectivity index is 1.73. The molecule has 1 aliphatic rings. The largest absolute Gasteiger partial charge is 0.416 e. The summed E-state index contributed by atoms with van der Waals surface area (Å²) in [5.41, 5.74) is -0.391. The summed E-state index contributed by atoms with van der Waals surface area (Å²) in [6, 6.07) is 18.3. The molecule has 10 nitrogen and oxygen atoms in total. The van der Waals surface area contributed by atoms with Crippen molar-refractivity contribution < 1.29 is 31.9 Å². The van der Waals surface area contributed by atoms with E-state index in [1.165, 1.54) is 44.8 Å². The second-order valence-corrected chi connectivity index (χ2v) is 12.0. The summed E-state index contributed by atoms with van der Waals surface area (Å²) in [5, 5.41) is 17.0. The number of nitrogens with zero attached hydrogens (tertiary/aromatic N) is 6. The van der Waals surface area contributed by atoms with E-state index < -0.39 is 47.2 Å². The first-order chi connectivity index (χ1) is 23.8. The highest BCUT2D eigenvalue weighted by molar-refractivity contribution is 6.07. The molecule has 3 amide bonds. The molecule has 0 saturated heterocycles. The van der Waals surface area contributed by atoms with Crippen molar-refractivity contribution in [1.82, 2.24) is 24.9 Å². The molecule has 14 heteroatoms. The Kier molecular flexibility index (Phi) is 10.7. The van der Waals surface area contributed by atoms with E-state index in [0.29, 0.717) is 30.3 Å². The molecule has 4 aromatic rings. The number of nitrogens with one attached hydrogen (secondary N) is 1. The van der Waals surface area contributed by atoms with E-state index in [1.54, 1.807) is 37.3 Å². The van der Waals surface area contributed by atoms with Crippen molar-refractivity contribution in [3.63, 3.8) is 0 Å². The molecule has 1 aromatic heterocycles. The van der Waals surface area contributed by atoms with Crippen molar-refractivity contribution >= 4 is 23.5 Å². The van der Waals surface area contributed by atoms with Crippen LogP contribution in [0, 0.1) is 17.1 Å². The minimum atomic E-state index is -4.72. The summed E-state index contributed by atoms with van der Waals surface area (Å²) in [7, 11) is 3.76. The molecule has 0 bridgehead atoms. The van der Waals surface area contributed by atoms with E-state index in [4.69, 9.17) is 5.10 Å². The number of carbonyl (C=O) groups is 3. The van der Waals surface area contributed by atoms with Crippen LogP contribution in [0.15, 0.2) is 78.9 Å². The van der Waals surface area contributed by atoms with E-state index in [9.17, 15) is 37.2 Å². The van der Waals surface area contributed by atoms with Crippen LogP contribution in [0.3, 0.4) is 0 Å². The van der Waals surface area contributed by atoms with Crippen LogP contribution in [0.1, 0.15) is 56.8 Å². The monoisotopic (exact) mass is 689 g/mol. The highest BCUT2D eigenvalue weighted by Crippen LogP contribution is 2.44. The lowest BCUT2D eigenvalue weighted by Crippen LogP contribution is -2.55. The number of carbonyl (C=O) groups excluding carboxylic acids is 3. The number of alkyl halides is 3. The lowest BCUT2D eigenvalue weighted by atomic mass is 9.80. The van der Waals surface area contributed by atoms with Gasteiger partial charge in [0.25, 0.3) is 17.7 Å². The van der Waals surface area contributed by atoms with E-state index in [1.807, 2.05) is 25.1 Å². The first-order valence-electron chi connectivity index (χ1n) is 15.9. The SMILES string of the molecule is CCN1C(=O)[C@@H](NC(=O)c2cccc(C(F)(F)F)c2)[C@@H](c2ccc(F)cc2)c2c(C(=O)N(CC#N)CCCN(C)C)nn(-c3ccccc3)c21. The van der Waals surface area contributed by atoms with E-state index in [0.717, 1.165) is 12.1 Å². The van der Waals surface area contributed by atoms with Crippen LogP contribution in [0.2, 0.25) is 0 Å². The third-order valence-corrected chi connectivity index (χ3v) is 8.40. The van der Waals surface area contributed by atoms with Gasteiger partial charge >= 0.3 is 6.18 Å². The van der Waals surface area contributed by atoms with E-state index in [2.05, 4.69) is 5.32 Å². The summed E-state index contributed by atoms with van der Waals surface area (Å²) >= 11 is 0. The van der Waals surface area contributed by atoms with Gasteiger partial charge in [0.1, 0.15) is 24.2 Å². The van der Waals surface area contributed by atoms with Crippen molar-refractivity contribution in [3.05, 3.63) is 113 Å². The smallest absolute Gasteiger partial charge is 0.339 e. The fourth-order valence-electron chi connectivity index (χ4n) is 6.06. The van der Waals surface area contributed by atoms with Crippen LogP contribution in [-0.2, 0) is 11.0 Å². The predicted molar refractivity (Wildman–Crippen MR) is 177 cm³/mol. The Labute approximate surface area is 286 Å². The van der Waals surface area contributed by atoms with Crippen molar-refractivity contribution in [2.45, 2.75) is 31.5 Å². The summed E-state index contributed by atoms with van der Waals surface area (Å²) in [5.74, 6) is -3.66. The molecular formula is C36H35F4N7O3. The number of amides is 3. The molecule has 50 heavy (non-hydrogen) atoms. The van der Waals surface area contributed by atoms with Gasteiger partial charge < -0.3 is 15.1 Å². The number of hydrogen-bond acceptors (Lipinski definition) is 6. The van der Waals surface area contributed by atoms with Crippen molar-refractivity contribution in [2.24, 2.45) is 0 Å². The second-order valence-electron chi connectivity index (χ2n) is 12.0. The first kappa shape index (κ1) is 35.7. The Morgan fingerprint density at radius 2 is 1.70 bits per heavy atom. The Bertz CT molecular complexity index is 1900. The number of aromatic nitrogens is 2. The lowest BCUT2D eigenvalue weighted by Gasteiger charge is -2.38. The zero-order valence-electron chi connectivity index (χ0n) is 27.6. The highest BCUT2D eigenvalue weighted by atomic mass is 19.4. The molecule has 0 aliphatic carbocycles. The molecule has 0 fully saturated rings. The van der Waals surface area contributed by atoms with Gasteiger partial charge in [-0.15, -0.1) is 0 Å². The number of para-hydroxylation sites is 1. The van der Waals surface area contributed by atoms with Crippen LogP contribution in [0.4, 0.5) is 23.4 Å². The quantitative estimate of drug-likeness (QED) is 0.170. The van der Waals surface area contributed by atoms with Crippen LogP contribution >= 0.6 is 0 Å². The summed E-state index contributed by atoms with van der Waals surface area (Å²) in [6.07, 6.45) is -4.18. The molecular weight excluding hydrogens is 654 g/mol. The topological polar surface area (TPSA) is 115 Å². The van der Waals surface area contributed by atoms with Crippen LogP contribution in [0.5, 0.6) is 0 Å². The Hall–Kier alpha value is -5.55. The molecule has 2 heterocycles. The third kappa shape index (κ3) is 7.37. The molecule has 3 aromatic carbocycles. The second kappa shape index (κ2) is 14.9. The van der Waals surface area contributed by atoms with Crippen LogP contribution < -0.4 is 10.2 Å². The van der Waals surface area contributed by atoms with Gasteiger partial charge in [0.2, 0.25) is 0 Å². The lowest BCUT2D eigenvalue weighted by molar-refractivity contribution is -0.137. The van der Waals surface area contributed by atoms with Gasteiger partial charge in [0.15, 0.2) is 5.69 Å². The molecule has 260 valence electrons. The van der Waals surface area contributed by atoms with Crippen LogP contribution in [0.25, 0.3) is 5.69 Å². The van der Waals surface area contributed by atoms with Crippen molar-refractivity contribution in [2.75, 3.05) is 45.2 Å². The number of benzene rings is 3. The van der Waals surface area contributed by atoms with Crippen LogP contribution in [-0.4, -0.2) is 83.6 Å². The number of halogens is 4. The summed E-state index contributed by atoms with van der Waals surface area (Å²) in [4.78, 5) is 47.2. The van der Waals surface area contributed by atoms with Gasteiger partial charge in [0, 0.05) is 30.1 Å². The number of hydrogen-bond donors (Lipinski definition) is 1. The van der Waals surface area contributed by atoms with Gasteiger partial charge in [-0.25, -0.2) is 9.07 Å². The Morgan fingerprint density at radius 1 is 1.00 bits per heavy atom. The molecule has 2 atom stereocenters. The van der Waals surface area contributed by atoms with Gasteiger partial charge in [0.05, 0.1) is 17.3 Å². The number of rotatable bonds is 11. The average Bonchev–Trinajstić information content (AvgIpc) is 3.48. The Morgan fingerprint density at radius 3 is 2.32 bits per heavy atom. The molecule has 0 radical (unpaired) electrons. The molecule has 5 rings (SSSR count). The number of fused-ring (bicyclic) bond motifs is 1. The number of anilines is 1. The van der Waals surface area contributed by atoms with Gasteiger partial charge in [-0.3, -0.25) is 19.3 Å².